The minimum atomic E-state index is 0.316. The Morgan fingerprint density at radius 1 is 1.11 bits per heavy atom. The van der Waals surface area contributed by atoms with E-state index in [1.165, 1.54) is 23.1 Å². The molecule has 1 saturated heterocycles. The molecule has 0 bridgehead atoms. The van der Waals surface area contributed by atoms with Gasteiger partial charge in [0.1, 0.15) is 0 Å². The van der Waals surface area contributed by atoms with Gasteiger partial charge in [0.05, 0.1) is 30.5 Å². The second-order valence-corrected chi connectivity index (χ2v) is 7.79. The van der Waals surface area contributed by atoms with E-state index in [0.717, 1.165) is 50.9 Å². The van der Waals surface area contributed by atoms with Crippen LogP contribution in [0.1, 0.15) is 24.0 Å². The molecule has 0 radical (unpaired) electrons. The molecule has 3 heterocycles. The lowest BCUT2D eigenvalue weighted by Gasteiger charge is -2.38. The van der Waals surface area contributed by atoms with Gasteiger partial charge in [-0.3, -0.25) is 9.47 Å². The summed E-state index contributed by atoms with van der Waals surface area (Å²) in [5.41, 5.74) is 4.92. The Balaban J connectivity index is 1.49. The molecule has 1 atom stereocenters. The highest BCUT2D eigenvalue weighted by Gasteiger charge is 2.29. The van der Waals surface area contributed by atoms with Gasteiger partial charge in [0.15, 0.2) is 0 Å². The van der Waals surface area contributed by atoms with Crippen LogP contribution in [0.2, 0.25) is 0 Å². The van der Waals surface area contributed by atoms with Crippen molar-refractivity contribution in [2.24, 2.45) is 0 Å². The van der Waals surface area contributed by atoms with Crippen LogP contribution in [0.15, 0.2) is 48.5 Å². The SMILES string of the molecule is Cc1ccc2nc3n(c2c1)CN(Cc1ccccc1)CN3CC1CCCO1. The van der Waals surface area contributed by atoms with Crippen molar-refractivity contribution in [2.75, 3.05) is 24.7 Å². The Morgan fingerprint density at radius 3 is 2.81 bits per heavy atom. The zero-order valence-electron chi connectivity index (χ0n) is 15.8. The quantitative estimate of drug-likeness (QED) is 0.708. The van der Waals surface area contributed by atoms with Gasteiger partial charge < -0.3 is 9.64 Å². The summed E-state index contributed by atoms with van der Waals surface area (Å²) in [7, 11) is 0. The van der Waals surface area contributed by atoms with Crippen LogP contribution in [0, 0.1) is 6.92 Å². The van der Waals surface area contributed by atoms with Crippen LogP contribution < -0.4 is 4.90 Å². The number of fused-ring (bicyclic) bond motifs is 3. The highest BCUT2D eigenvalue weighted by Crippen LogP contribution is 2.29. The number of anilines is 1. The van der Waals surface area contributed by atoms with Gasteiger partial charge >= 0.3 is 0 Å². The lowest BCUT2D eigenvalue weighted by Crippen LogP contribution is -2.47. The number of aromatic nitrogens is 2. The van der Waals surface area contributed by atoms with Crippen molar-refractivity contribution in [3.63, 3.8) is 0 Å². The predicted molar refractivity (Wildman–Crippen MR) is 108 cm³/mol. The van der Waals surface area contributed by atoms with Gasteiger partial charge in [0.2, 0.25) is 5.95 Å². The van der Waals surface area contributed by atoms with Gasteiger partial charge in [-0.2, -0.15) is 0 Å². The Labute approximate surface area is 160 Å². The molecule has 27 heavy (non-hydrogen) atoms. The molecule has 2 aromatic carbocycles. The number of hydrogen-bond donors (Lipinski definition) is 0. The van der Waals surface area contributed by atoms with Gasteiger partial charge in [-0.15, -0.1) is 0 Å². The van der Waals surface area contributed by atoms with Gasteiger partial charge in [0.25, 0.3) is 0 Å². The van der Waals surface area contributed by atoms with Crippen LogP contribution in [0.4, 0.5) is 5.95 Å². The zero-order valence-corrected chi connectivity index (χ0v) is 15.8. The van der Waals surface area contributed by atoms with Gasteiger partial charge in [-0.25, -0.2) is 4.98 Å². The summed E-state index contributed by atoms with van der Waals surface area (Å²) in [6, 6.07) is 17.3. The minimum Gasteiger partial charge on any atom is -0.376 e. The maximum Gasteiger partial charge on any atom is 0.208 e. The van der Waals surface area contributed by atoms with Crippen molar-refractivity contribution in [2.45, 2.75) is 39.1 Å². The third-order valence-corrected chi connectivity index (χ3v) is 5.58. The Hall–Kier alpha value is -2.37. The molecule has 5 nitrogen and oxygen atoms in total. The first-order chi connectivity index (χ1) is 13.3. The van der Waals surface area contributed by atoms with E-state index in [2.05, 4.69) is 69.8 Å². The van der Waals surface area contributed by atoms with Crippen molar-refractivity contribution < 1.29 is 4.74 Å². The van der Waals surface area contributed by atoms with Gasteiger partial charge in [-0.1, -0.05) is 36.4 Å². The van der Waals surface area contributed by atoms with Crippen LogP contribution in [0.3, 0.4) is 0 Å². The maximum absolute atomic E-state index is 5.92. The van der Waals surface area contributed by atoms with Crippen molar-refractivity contribution in [1.29, 1.82) is 0 Å². The molecule has 140 valence electrons. The van der Waals surface area contributed by atoms with Crippen molar-refractivity contribution in [3.8, 4) is 0 Å². The average molecular weight is 362 g/mol. The first-order valence-electron chi connectivity index (χ1n) is 9.86. The average Bonchev–Trinajstić information content (AvgIpc) is 3.31. The zero-order chi connectivity index (χ0) is 18.2. The second kappa shape index (κ2) is 6.98. The number of benzene rings is 2. The van der Waals surface area contributed by atoms with Crippen LogP contribution in [-0.4, -0.2) is 40.4 Å². The summed E-state index contributed by atoms with van der Waals surface area (Å²) in [6.07, 6.45) is 2.63. The van der Waals surface area contributed by atoms with E-state index in [9.17, 15) is 0 Å². The number of rotatable bonds is 4. The minimum absolute atomic E-state index is 0.316. The molecule has 1 unspecified atom stereocenters. The Bertz CT molecular complexity index is 930. The van der Waals surface area contributed by atoms with E-state index >= 15 is 0 Å². The topological polar surface area (TPSA) is 33.5 Å². The molecule has 0 N–H and O–H groups in total. The third-order valence-electron chi connectivity index (χ3n) is 5.58. The Morgan fingerprint density at radius 2 is 2.00 bits per heavy atom. The summed E-state index contributed by atoms with van der Waals surface area (Å²) >= 11 is 0. The summed E-state index contributed by atoms with van der Waals surface area (Å²) in [5, 5.41) is 0. The molecule has 1 aromatic heterocycles. The monoisotopic (exact) mass is 362 g/mol. The molecule has 0 aliphatic carbocycles. The molecule has 2 aliphatic heterocycles. The number of aryl methyl sites for hydroxylation is 1. The molecule has 0 saturated carbocycles. The number of ether oxygens (including phenoxy) is 1. The lowest BCUT2D eigenvalue weighted by molar-refractivity contribution is 0.105. The Kier molecular flexibility index (Phi) is 4.34. The van der Waals surface area contributed by atoms with E-state index in [4.69, 9.17) is 9.72 Å². The number of hydrogen-bond acceptors (Lipinski definition) is 4. The molecule has 1 fully saturated rings. The van der Waals surface area contributed by atoms with Crippen LogP contribution in [0.5, 0.6) is 0 Å². The van der Waals surface area contributed by atoms with Crippen LogP contribution in [-0.2, 0) is 18.0 Å². The normalized spacial score (nSPS) is 20.3. The molecular formula is C22H26N4O. The van der Waals surface area contributed by atoms with Gasteiger partial charge in [0, 0.05) is 19.7 Å². The van der Waals surface area contributed by atoms with Gasteiger partial charge in [-0.05, 0) is 43.0 Å². The fourth-order valence-electron chi connectivity index (χ4n) is 4.27. The lowest BCUT2D eigenvalue weighted by atomic mass is 10.2. The van der Waals surface area contributed by atoms with E-state index < -0.39 is 0 Å². The van der Waals surface area contributed by atoms with Crippen LogP contribution in [0.25, 0.3) is 11.0 Å². The summed E-state index contributed by atoms with van der Waals surface area (Å²) in [6.45, 7) is 6.64. The molecule has 0 amide bonds. The highest BCUT2D eigenvalue weighted by atomic mass is 16.5. The highest BCUT2D eigenvalue weighted by molar-refractivity contribution is 5.79. The molecule has 5 heteroatoms. The predicted octanol–water partition coefficient (Wildman–Crippen LogP) is 3.76. The van der Waals surface area contributed by atoms with E-state index in [1.807, 2.05) is 0 Å². The van der Waals surface area contributed by atoms with Crippen molar-refractivity contribution in [3.05, 3.63) is 59.7 Å². The van der Waals surface area contributed by atoms with Crippen LogP contribution >= 0.6 is 0 Å². The molecule has 5 rings (SSSR count). The van der Waals surface area contributed by atoms with Crippen molar-refractivity contribution in [1.82, 2.24) is 14.5 Å². The maximum atomic E-state index is 5.92. The van der Waals surface area contributed by atoms with Crippen molar-refractivity contribution >= 4 is 17.0 Å². The molecule has 0 spiro atoms. The first-order valence-corrected chi connectivity index (χ1v) is 9.86. The standard InChI is InChI=1S/C22H26N4O/c1-17-9-10-20-21(12-17)26-16-24(13-18-6-3-2-4-7-18)15-25(22(26)23-20)14-19-8-5-11-27-19/h2-4,6-7,9-10,12,19H,5,8,11,13-16H2,1H3. The smallest absolute Gasteiger partial charge is 0.208 e. The van der Waals surface area contributed by atoms with E-state index in [1.54, 1.807) is 0 Å². The first kappa shape index (κ1) is 16.8. The summed E-state index contributed by atoms with van der Waals surface area (Å²) < 4.78 is 8.29. The summed E-state index contributed by atoms with van der Waals surface area (Å²) in [5.74, 6) is 1.08. The second-order valence-electron chi connectivity index (χ2n) is 7.79. The molecule has 2 aliphatic rings. The number of imidazole rings is 1. The molecule has 3 aromatic rings. The fraction of sp³-hybridized carbons (Fsp3) is 0.409. The third kappa shape index (κ3) is 3.33. The molecular weight excluding hydrogens is 336 g/mol. The number of nitrogens with zero attached hydrogens (tertiary/aromatic N) is 4. The van der Waals surface area contributed by atoms with E-state index in [0.29, 0.717) is 6.10 Å². The largest absolute Gasteiger partial charge is 0.376 e. The fourth-order valence-corrected chi connectivity index (χ4v) is 4.27. The van der Waals surface area contributed by atoms with E-state index in [-0.39, 0.29) is 0 Å². The summed E-state index contributed by atoms with van der Waals surface area (Å²) in [4.78, 5) is 9.85.